The molecular weight excluding hydrogens is 254 g/mol. The Morgan fingerprint density at radius 1 is 0.762 bits per heavy atom. The van der Waals surface area contributed by atoms with Crippen molar-refractivity contribution in [3.8, 4) is 5.69 Å². The van der Waals surface area contributed by atoms with Crippen LogP contribution in [0, 0.1) is 0 Å². The van der Waals surface area contributed by atoms with Crippen LogP contribution in [-0.2, 0) is 6.42 Å². The van der Waals surface area contributed by atoms with Gasteiger partial charge in [0.2, 0.25) is 5.69 Å². The van der Waals surface area contributed by atoms with Gasteiger partial charge in [0.15, 0.2) is 12.4 Å². The summed E-state index contributed by atoms with van der Waals surface area (Å²) >= 11 is 0. The van der Waals surface area contributed by atoms with Crippen LogP contribution in [0.2, 0.25) is 0 Å². The van der Waals surface area contributed by atoms with Crippen molar-refractivity contribution in [3.63, 3.8) is 0 Å². The summed E-state index contributed by atoms with van der Waals surface area (Å²) < 4.78 is 2.22. The maximum Gasteiger partial charge on any atom is 0.210 e. The minimum atomic E-state index is 1.20. The van der Waals surface area contributed by atoms with E-state index in [1.54, 1.807) is 0 Å². The lowest BCUT2D eigenvalue weighted by Crippen LogP contribution is -2.29. The van der Waals surface area contributed by atoms with Gasteiger partial charge in [0.1, 0.15) is 0 Å². The number of hydrogen-bond acceptors (Lipinski definition) is 0. The van der Waals surface area contributed by atoms with Gasteiger partial charge < -0.3 is 0 Å². The molecule has 0 aliphatic carbocycles. The quantitative estimate of drug-likeness (QED) is 0.436. The number of aromatic nitrogens is 1. The number of hydrogen-bond donors (Lipinski definition) is 0. The lowest BCUT2D eigenvalue weighted by Gasteiger charge is -2.02. The fourth-order valence-electron chi connectivity index (χ4n) is 2.72. The first kappa shape index (κ1) is 15.8. The number of aryl methyl sites for hydroxylation is 1. The highest BCUT2D eigenvalue weighted by atomic mass is 14.9. The fraction of sp³-hybridized carbons (Fsp3) is 0.450. The molecule has 1 aromatic carbocycles. The molecule has 0 fully saturated rings. The molecule has 0 N–H and O–H groups in total. The molecule has 0 amide bonds. The summed E-state index contributed by atoms with van der Waals surface area (Å²) in [5.74, 6) is 0. The smallest absolute Gasteiger partial charge is 0.167 e. The van der Waals surface area contributed by atoms with Gasteiger partial charge in [0.05, 0.1) is 0 Å². The Bertz CT molecular complexity index is 504. The highest BCUT2D eigenvalue weighted by molar-refractivity contribution is 5.22. The Hall–Kier alpha value is -1.63. The van der Waals surface area contributed by atoms with E-state index in [1.807, 2.05) is 0 Å². The maximum absolute atomic E-state index is 2.28. The molecule has 0 aliphatic heterocycles. The average Bonchev–Trinajstić information content (AvgIpc) is 2.55. The van der Waals surface area contributed by atoms with Crippen LogP contribution in [0.15, 0.2) is 54.9 Å². The first-order valence-electron chi connectivity index (χ1n) is 8.46. The van der Waals surface area contributed by atoms with Crippen molar-refractivity contribution in [1.82, 2.24) is 0 Å². The zero-order chi connectivity index (χ0) is 14.8. The molecule has 1 heteroatoms. The number of unbranched alkanes of at least 4 members (excludes halogenated alkanes) is 6. The summed E-state index contributed by atoms with van der Waals surface area (Å²) in [7, 11) is 0. The van der Waals surface area contributed by atoms with Crippen LogP contribution in [0.25, 0.3) is 5.69 Å². The summed E-state index contributed by atoms with van der Waals surface area (Å²) in [4.78, 5) is 0. The number of nitrogens with zero attached hydrogens (tertiary/aromatic N) is 1. The summed E-state index contributed by atoms with van der Waals surface area (Å²) in [6, 6.07) is 14.9. The number of rotatable bonds is 9. The van der Waals surface area contributed by atoms with Crippen molar-refractivity contribution in [2.24, 2.45) is 0 Å². The van der Waals surface area contributed by atoms with E-state index in [0.717, 1.165) is 0 Å². The van der Waals surface area contributed by atoms with Crippen molar-refractivity contribution < 1.29 is 4.57 Å². The Balaban J connectivity index is 1.77. The van der Waals surface area contributed by atoms with Gasteiger partial charge >= 0.3 is 0 Å². The molecule has 0 aliphatic rings. The van der Waals surface area contributed by atoms with Crippen molar-refractivity contribution >= 4 is 0 Å². The molecule has 0 unspecified atom stereocenters. The van der Waals surface area contributed by atoms with Crippen LogP contribution in [0.1, 0.15) is 57.4 Å². The van der Waals surface area contributed by atoms with Gasteiger partial charge in [-0.3, -0.25) is 0 Å². The third-order valence-electron chi connectivity index (χ3n) is 3.99. The van der Waals surface area contributed by atoms with Gasteiger partial charge in [0, 0.05) is 23.8 Å². The minimum absolute atomic E-state index is 1.20. The summed E-state index contributed by atoms with van der Waals surface area (Å²) in [5.41, 5.74) is 2.67. The minimum Gasteiger partial charge on any atom is -0.167 e. The van der Waals surface area contributed by atoms with Crippen LogP contribution in [0.3, 0.4) is 0 Å². The molecule has 1 nitrogen and oxygen atoms in total. The van der Waals surface area contributed by atoms with Gasteiger partial charge in [0.25, 0.3) is 0 Å². The van der Waals surface area contributed by atoms with Crippen molar-refractivity contribution in [2.75, 3.05) is 0 Å². The Morgan fingerprint density at radius 2 is 1.48 bits per heavy atom. The van der Waals surface area contributed by atoms with Crippen LogP contribution >= 0.6 is 0 Å². The van der Waals surface area contributed by atoms with E-state index in [-0.39, 0.29) is 0 Å². The van der Waals surface area contributed by atoms with Crippen LogP contribution in [0.5, 0.6) is 0 Å². The van der Waals surface area contributed by atoms with Crippen molar-refractivity contribution in [3.05, 3.63) is 60.4 Å². The first-order valence-corrected chi connectivity index (χ1v) is 8.46. The summed E-state index contributed by atoms with van der Waals surface area (Å²) in [6.45, 7) is 2.28. The predicted molar refractivity (Wildman–Crippen MR) is 89.7 cm³/mol. The molecule has 2 aromatic rings. The molecular formula is C20H28N+. The second-order valence-electron chi connectivity index (χ2n) is 5.83. The number of benzene rings is 1. The van der Waals surface area contributed by atoms with Gasteiger partial charge in [-0.25, -0.2) is 0 Å². The Labute approximate surface area is 129 Å². The maximum atomic E-state index is 2.28. The summed E-state index contributed by atoms with van der Waals surface area (Å²) in [5, 5.41) is 0. The van der Waals surface area contributed by atoms with Crippen LogP contribution in [-0.4, -0.2) is 0 Å². The zero-order valence-electron chi connectivity index (χ0n) is 13.3. The predicted octanol–water partition coefficient (Wildman–Crippen LogP) is 5.26. The van der Waals surface area contributed by atoms with E-state index in [9.17, 15) is 0 Å². The molecule has 2 rings (SSSR count). The first-order chi connectivity index (χ1) is 10.4. The van der Waals surface area contributed by atoms with Gasteiger partial charge in [-0.05, 0) is 18.9 Å². The van der Waals surface area contributed by atoms with Gasteiger partial charge in [-0.1, -0.05) is 63.6 Å². The Morgan fingerprint density at radius 3 is 2.24 bits per heavy atom. The van der Waals surface area contributed by atoms with E-state index in [2.05, 4.69) is 66.3 Å². The molecule has 0 atom stereocenters. The molecule has 0 saturated heterocycles. The molecule has 112 valence electrons. The topological polar surface area (TPSA) is 3.88 Å². The lowest BCUT2D eigenvalue weighted by atomic mass is 10.1. The largest absolute Gasteiger partial charge is 0.210 e. The normalized spacial score (nSPS) is 10.7. The second-order valence-corrected chi connectivity index (χ2v) is 5.83. The molecule has 1 aromatic heterocycles. The number of pyridine rings is 1. The monoisotopic (exact) mass is 282 g/mol. The Kier molecular flexibility index (Phi) is 7.00. The molecule has 21 heavy (non-hydrogen) atoms. The van der Waals surface area contributed by atoms with Crippen molar-refractivity contribution in [2.45, 2.75) is 58.3 Å². The third kappa shape index (κ3) is 5.71. The highest BCUT2D eigenvalue weighted by Crippen LogP contribution is 2.10. The van der Waals surface area contributed by atoms with Crippen molar-refractivity contribution in [1.29, 1.82) is 0 Å². The molecule has 0 spiro atoms. The van der Waals surface area contributed by atoms with Crippen LogP contribution in [0.4, 0.5) is 0 Å². The SMILES string of the molecule is CCCCCCCCCc1ccc[n+](-c2ccccc2)c1. The lowest BCUT2D eigenvalue weighted by molar-refractivity contribution is -0.596. The summed E-state index contributed by atoms with van der Waals surface area (Å²) in [6.07, 6.45) is 15.2. The van der Waals surface area contributed by atoms with Gasteiger partial charge in [-0.2, -0.15) is 4.57 Å². The second kappa shape index (κ2) is 9.33. The van der Waals surface area contributed by atoms with Crippen LogP contribution < -0.4 is 4.57 Å². The molecule has 0 saturated carbocycles. The zero-order valence-corrected chi connectivity index (χ0v) is 13.3. The average molecular weight is 282 g/mol. The molecule has 0 radical (unpaired) electrons. The third-order valence-corrected chi connectivity index (χ3v) is 3.99. The number of para-hydroxylation sites is 1. The van der Waals surface area contributed by atoms with E-state index < -0.39 is 0 Å². The van der Waals surface area contributed by atoms with E-state index >= 15 is 0 Å². The fourth-order valence-corrected chi connectivity index (χ4v) is 2.72. The molecule has 1 heterocycles. The van der Waals surface area contributed by atoms with Gasteiger partial charge in [-0.15, -0.1) is 0 Å². The van der Waals surface area contributed by atoms with E-state index in [1.165, 1.54) is 62.6 Å². The molecule has 0 bridgehead atoms. The van der Waals surface area contributed by atoms with E-state index in [4.69, 9.17) is 0 Å². The standard InChI is InChI=1S/C20H28N/c1-2-3-4-5-6-7-9-13-19-14-12-17-21(18-19)20-15-10-8-11-16-20/h8,10-12,14-18H,2-7,9,13H2,1H3/q+1. The highest BCUT2D eigenvalue weighted by Gasteiger charge is 2.05. The van der Waals surface area contributed by atoms with E-state index in [0.29, 0.717) is 0 Å².